The molecule has 1 aliphatic rings. The lowest BCUT2D eigenvalue weighted by atomic mass is 9.94. The number of likely N-dealkylation sites (tertiary alicyclic amines) is 1. The molecule has 1 unspecified atom stereocenters. The van der Waals surface area contributed by atoms with Crippen molar-refractivity contribution in [3.8, 4) is 0 Å². The van der Waals surface area contributed by atoms with Crippen molar-refractivity contribution in [1.82, 2.24) is 20.9 Å². The van der Waals surface area contributed by atoms with E-state index in [-0.39, 0.29) is 49.2 Å². The number of carbonyl (C=O) groups is 3. The number of halogens is 1. The Morgan fingerprint density at radius 1 is 1.07 bits per heavy atom. The Balaban J connectivity index is 0.00000560. The van der Waals surface area contributed by atoms with Crippen LogP contribution in [0.15, 0.2) is 42.5 Å². The van der Waals surface area contributed by atoms with E-state index in [1.807, 2.05) is 70.2 Å². The number of aliphatic hydroxyl groups excluding tert-OH is 1. The van der Waals surface area contributed by atoms with E-state index in [1.54, 1.807) is 12.0 Å². The summed E-state index contributed by atoms with van der Waals surface area (Å²) in [4.78, 5) is 41.3. The van der Waals surface area contributed by atoms with Gasteiger partial charge in [0.15, 0.2) is 0 Å². The van der Waals surface area contributed by atoms with E-state index in [9.17, 15) is 19.5 Å². The molecule has 0 aliphatic carbocycles. The van der Waals surface area contributed by atoms with Crippen molar-refractivity contribution >= 4 is 40.9 Å². The zero-order valence-corrected chi connectivity index (χ0v) is 25.1. The summed E-state index contributed by atoms with van der Waals surface area (Å²) in [6, 6.07) is 12.5. The molecule has 4 atom stereocenters. The fourth-order valence-electron chi connectivity index (χ4n) is 4.74. The Hall–Kier alpha value is -2.72. The highest BCUT2D eigenvalue weighted by Crippen LogP contribution is 2.26. The number of carbonyl (C=O) groups excluding carboxylic acids is 3. The van der Waals surface area contributed by atoms with Crippen LogP contribution in [-0.2, 0) is 25.5 Å². The third kappa shape index (κ3) is 9.44. The number of benzene rings is 2. The van der Waals surface area contributed by atoms with E-state index in [1.165, 1.54) is 0 Å². The number of fused-ring (bicyclic) bond motifs is 1. The Bertz CT molecular complexity index is 1140. The molecule has 0 spiro atoms. The predicted molar refractivity (Wildman–Crippen MR) is 159 cm³/mol. The van der Waals surface area contributed by atoms with Gasteiger partial charge < -0.3 is 30.7 Å². The van der Waals surface area contributed by atoms with E-state index in [0.29, 0.717) is 26.1 Å². The summed E-state index contributed by atoms with van der Waals surface area (Å²) in [5, 5.41) is 21.3. The lowest BCUT2D eigenvalue weighted by Crippen LogP contribution is -2.55. The van der Waals surface area contributed by atoms with E-state index in [0.717, 1.165) is 22.8 Å². The summed E-state index contributed by atoms with van der Waals surface area (Å²) in [5.41, 5.74) is 0.301. The Kier molecular flexibility index (Phi) is 12.8. The van der Waals surface area contributed by atoms with Crippen molar-refractivity contribution < 1.29 is 24.2 Å². The molecule has 1 fully saturated rings. The molecule has 1 heterocycles. The number of nitrogens with zero attached hydrogens (tertiary/aromatic N) is 1. The maximum absolute atomic E-state index is 13.4. The van der Waals surface area contributed by atoms with Crippen LogP contribution in [0.25, 0.3) is 10.8 Å². The summed E-state index contributed by atoms with van der Waals surface area (Å²) >= 11 is 0. The average molecular weight is 577 g/mol. The van der Waals surface area contributed by atoms with Crippen LogP contribution in [0.1, 0.15) is 46.1 Å². The molecule has 0 aromatic heterocycles. The highest BCUT2D eigenvalue weighted by Gasteiger charge is 2.39. The molecule has 0 radical (unpaired) electrons. The molecular weight excluding hydrogens is 532 g/mol. The van der Waals surface area contributed by atoms with Gasteiger partial charge in [0.2, 0.25) is 17.7 Å². The van der Waals surface area contributed by atoms with Crippen LogP contribution in [0, 0.1) is 5.41 Å². The molecule has 2 aromatic carbocycles. The number of ether oxygens (including phenoxy) is 1. The second kappa shape index (κ2) is 15.3. The molecule has 0 bridgehead atoms. The number of amides is 3. The standard InChI is InChI=1S/C30H44N4O5.ClH/c1-20(39-5)17-31-18-24(35)19-32-27(36)25(16-21-12-13-22-9-6-7-10-23(22)15-21)33-28(37)26-11-8-14-34(26)29(38)30(2,3)4;/h6-7,9-10,12-13,15,20,24-26,31,35H,8,11,14,16-19H2,1-5H3,(H,32,36)(H,33,37);1H/t20-,24?,25-,26+;/m1./s1. The number of methoxy groups -OCH3 is 1. The summed E-state index contributed by atoms with van der Waals surface area (Å²) in [6.07, 6.45) is 0.783. The van der Waals surface area contributed by atoms with Crippen molar-refractivity contribution in [3.05, 3.63) is 48.0 Å². The Morgan fingerprint density at radius 3 is 2.45 bits per heavy atom. The van der Waals surface area contributed by atoms with Gasteiger partial charge in [0.05, 0.1) is 12.2 Å². The summed E-state index contributed by atoms with van der Waals surface area (Å²) in [5.74, 6) is -0.789. The number of hydrogen-bond acceptors (Lipinski definition) is 6. The molecule has 9 nitrogen and oxygen atoms in total. The predicted octanol–water partition coefficient (Wildman–Crippen LogP) is 2.43. The molecule has 222 valence electrons. The monoisotopic (exact) mass is 576 g/mol. The van der Waals surface area contributed by atoms with Gasteiger partial charge in [-0.15, -0.1) is 12.4 Å². The number of rotatable bonds is 12. The van der Waals surface area contributed by atoms with E-state index < -0.39 is 23.6 Å². The van der Waals surface area contributed by atoms with E-state index >= 15 is 0 Å². The molecule has 10 heteroatoms. The van der Waals surface area contributed by atoms with Gasteiger partial charge in [0, 0.05) is 45.1 Å². The molecular formula is C30H45ClN4O5. The minimum absolute atomic E-state index is 0. The second-order valence-corrected chi connectivity index (χ2v) is 11.5. The van der Waals surface area contributed by atoms with E-state index in [4.69, 9.17) is 4.74 Å². The Labute approximate surface area is 243 Å². The van der Waals surface area contributed by atoms with Crippen LogP contribution in [-0.4, -0.2) is 85.3 Å². The minimum Gasteiger partial charge on any atom is -0.390 e. The van der Waals surface area contributed by atoms with Crippen molar-refractivity contribution in [2.45, 2.75) is 71.2 Å². The fraction of sp³-hybridized carbons (Fsp3) is 0.567. The van der Waals surface area contributed by atoms with Crippen LogP contribution in [0.2, 0.25) is 0 Å². The Morgan fingerprint density at radius 2 is 1.77 bits per heavy atom. The van der Waals surface area contributed by atoms with Crippen molar-refractivity contribution in [2.24, 2.45) is 5.41 Å². The molecule has 0 saturated carbocycles. The molecule has 40 heavy (non-hydrogen) atoms. The maximum atomic E-state index is 13.4. The molecule has 1 saturated heterocycles. The molecule has 1 aliphatic heterocycles. The van der Waals surface area contributed by atoms with Gasteiger partial charge in [-0.05, 0) is 36.1 Å². The fourth-order valence-corrected chi connectivity index (χ4v) is 4.74. The van der Waals surface area contributed by atoms with Gasteiger partial charge in [-0.2, -0.15) is 0 Å². The number of nitrogens with one attached hydrogen (secondary N) is 3. The van der Waals surface area contributed by atoms with Crippen molar-refractivity contribution in [2.75, 3.05) is 33.3 Å². The number of hydrogen-bond donors (Lipinski definition) is 4. The first-order valence-corrected chi connectivity index (χ1v) is 13.8. The molecule has 3 amide bonds. The minimum atomic E-state index is -0.862. The summed E-state index contributed by atoms with van der Waals surface area (Å²) < 4.78 is 5.19. The lowest BCUT2D eigenvalue weighted by Gasteiger charge is -2.31. The van der Waals surface area contributed by atoms with Gasteiger partial charge in [0.1, 0.15) is 12.1 Å². The summed E-state index contributed by atoms with van der Waals surface area (Å²) in [7, 11) is 1.62. The molecule has 3 rings (SSSR count). The van der Waals surface area contributed by atoms with Gasteiger partial charge in [-0.25, -0.2) is 0 Å². The van der Waals surface area contributed by atoms with Gasteiger partial charge in [0.25, 0.3) is 0 Å². The number of aliphatic hydroxyl groups is 1. The highest BCUT2D eigenvalue weighted by atomic mass is 35.5. The highest BCUT2D eigenvalue weighted by molar-refractivity contribution is 5.93. The van der Waals surface area contributed by atoms with Crippen molar-refractivity contribution in [1.29, 1.82) is 0 Å². The van der Waals surface area contributed by atoms with Crippen LogP contribution >= 0.6 is 12.4 Å². The zero-order valence-electron chi connectivity index (χ0n) is 24.2. The quantitative estimate of drug-likeness (QED) is 0.308. The van der Waals surface area contributed by atoms with E-state index in [2.05, 4.69) is 16.0 Å². The second-order valence-electron chi connectivity index (χ2n) is 11.5. The topological polar surface area (TPSA) is 120 Å². The maximum Gasteiger partial charge on any atom is 0.243 e. The van der Waals surface area contributed by atoms with Crippen LogP contribution < -0.4 is 16.0 Å². The molecule has 2 aromatic rings. The van der Waals surface area contributed by atoms with Gasteiger partial charge in [-0.1, -0.05) is 63.2 Å². The first-order chi connectivity index (χ1) is 18.5. The molecule has 4 N–H and O–H groups in total. The van der Waals surface area contributed by atoms with Crippen LogP contribution in [0.5, 0.6) is 0 Å². The zero-order chi connectivity index (χ0) is 28.6. The third-order valence-electron chi connectivity index (χ3n) is 7.07. The first kappa shape index (κ1) is 33.5. The third-order valence-corrected chi connectivity index (χ3v) is 7.07. The SMILES string of the molecule is CO[C@H](C)CNCC(O)CNC(=O)[C@@H](Cc1ccc2ccccc2c1)NC(=O)[C@@H]1CCCN1C(=O)C(C)(C)C.Cl. The van der Waals surface area contributed by atoms with Crippen LogP contribution in [0.3, 0.4) is 0 Å². The van der Waals surface area contributed by atoms with Gasteiger partial charge >= 0.3 is 0 Å². The average Bonchev–Trinajstić information content (AvgIpc) is 3.40. The summed E-state index contributed by atoms with van der Waals surface area (Å²) in [6.45, 7) is 8.88. The normalized spacial score (nSPS) is 17.6. The van der Waals surface area contributed by atoms with Crippen molar-refractivity contribution in [3.63, 3.8) is 0 Å². The van der Waals surface area contributed by atoms with Crippen LogP contribution in [0.4, 0.5) is 0 Å². The first-order valence-electron chi connectivity index (χ1n) is 13.8. The largest absolute Gasteiger partial charge is 0.390 e. The smallest absolute Gasteiger partial charge is 0.243 e. The lowest BCUT2D eigenvalue weighted by molar-refractivity contribution is -0.145. The van der Waals surface area contributed by atoms with Gasteiger partial charge in [-0.3, -0.25) is 14.4 Å².